The van der Waals surface area contributed by atoms with E-state index in [9.17, 15) is 18.5 Å². The minimum Gasteiger partial charge on any atom is -0.497 e. The number of amides is 1. The number of ether oxygens (including phenoxy) is 1. The summed E-state index contributed by atoms with van der Waals surface area (Å²) in [6.45, 7) is 5.89. The Kier molecular flexibility index (Phi) is 8.31. The average Bonchev–Trinajstić information content (AvgIpc) is 3.38. The fourth-order valence-electron chi connectivity index (χ4n) is 3.93. The van der Waals surface area contributed by atoms with E-state index in [1.807, 2.05) is 6.07 Å². The van der Waals surface area contributed by atoms with Crippen molar-refractivity contribution in [1.82, 2.24) is 4.31 Å². The van der Waals surface area contributed by atoms with Gasteiger partial charge in [-0.2, -0.15) is 9.57 Å². The number of hydrogen-bond donors (Lipinski definition) is 1. The van der Waals surface area contributed by atoms with Crippen LogP contribution in [0, 0.1) is 11.3 Å². The normalized spacial score (nSPS) is 14.2. The number of sulfonamides is 1. The number of nitrogens with one attached hydrogen (secondary N) is 1. The van der Waals surface area contributed by atoms with Crippen LogP contribution >= 0.6 is 0 Å². The molecule has 0 radical (unpaired) electrons. The van der Waals surface area contributed by atoms with Gasteiger partial charge in [0, 0.05) is 26.2 Å². The van der Waals surface area contributed by atoms with Gasteiger partial charge in [0.2, 0.25) is 10.0 Å². The van der Waals surface area contributed by atoms with Gasteiger partial charge in [-0.25, -0.2) is 8.42 Å². The lowest BCUT2D eigenvalue weighted by Crippen LogP contribution is -2.31. The molecule has 0 bridgehead atoms. The number of anilines is 2. The van der Waals surface area contributed by atoms with Crippen molar-refractivity contribution in [2.24, 2.45) is 0 Å². The van der Waals surface area contributed by atoms with Crippen LogP contribution in [0.1, 0.15) is 32.3 Å². The summed E-state index contributed by atoms with van der Waals surface area (Å²) in [5.41, 5.74) is 1.70. The van der Waals surface area contributed by atoms with E-state index in [1.165, 1.54) is 16.4 Å². The van der Waals surface area contributed by atoms with Gasteiger partial charge >= 0.3 is 0 Å². The van der Waals surface area contributed by atoms with Crippen LogP contribution in [0.4, 0.5) is 11.4 Å². The van der Waals surface area contributed by atoms with Crippen LogP contribution in [-0.4, -0.2) is 51.9 Å². The molecule has 0 atom stereocenters. The largest absolute Gasteiger partial charge is 0.497 e. The first kappa shape index (κ1) is 25.3. The Labute approximate surface area is 201 Å². The Balaban J connectivity index is 1.97. The lowest BCUT2D eigenvalue weighted by Gasteiger charge is -2.24. The van der Waals surface area contributed by atoms with Gasteiger partial charge in [0.05, 0.1) is 23.4 Å². The maximum absolute atomic E-state index is 13.1. The fraction of sp³-hybridized carbons (Fsp3) is 0.360. The highest BCUT2D eigenvalue weighted by molar-refractivity contribution is 7.89. The molecule has 1 aliphatic rings. The summed E-state index contributed by atoms with van der Waals surface area (Å²) >= 11 is 0. The molecule has 0 spiro atoms. The van der Waals surface area contributed by atoms with E-state index in [0.717, 1.165) is 31.6 Å². The Hall–Kier alpha value is -3.35. The van der Waals surface area contributed by atoms with E-state index in [1.54, 1.807) is 57.4 Å². The molecule has 3 rings (SSSR count). The maximum atomic E-state index is 13.1. The second-order valence-electron chi connectivity index (χ2n) is 7.86. The Morgan fingerprint density at radius 2 is 1.79 bits per heavy atom. The SMILES string of the molecule is CCN(CC)S(=O)(=O)c1ccc(N2CCCC2)c(NC(=O)/C(C#N)=C\c2ccc(OC)cc2)c1. The summed E-state index contributed by atoms with van der Waals surface area (Å²) in [5.74, 6) is 0.0674. The van der Waals surface area contributed by atoms with E-state index in [0.29, 0.717) is 30.1 Å². The summed E-state index contributed by atoms with van der Waals surface area (Å²) in [6.07, 6.45) is 3.53. The van der Waals surface area contributed by atoms with Gasteiger partial charge < -0.3 is 15.0 Å². The molecule has 1 aliphatic heterocycles. The maximum Gasteiger partial charge on any atom is 0.266 e. The minimum absolute atomic E-state index is 0.0884. The molecule has 0 aliphatic carbocycles. The van der Waals surface area contributed by atoms with Gasteiger partial charge in [0.1, 0.15) is 17.4 Å². The lowest BCUT2D eigenvalue weighted by molar-refractivity contribution is -0.112. The zero-order chi connectivity index (χ0) is 24.7. The second kappa shape index (κ2) is 11.2. The smallest absolute Gasteiger partial charge is 0.266 e. The molecule has 1 amide bonds. The van der Waals surface area contributed by atoms with Gasteiger partial charge in [0.15, 0.2) is 0 Å². The Bertz CT molecular complexity index is 1190. The quantitative estimate of drug-likeness (QED) is 0.430. The molecular weight excluding hydrogens is 452 g/mol. The zero-order valence-electron chi connectivity index (χ0n) is 19.7. The van der Waals surface area contributed by atoms with Crippen molar-refractivity contribution in [3.63, 3.8) is 0 Å². The van der Waals surface area contributed by atoms with Crippen molar-refractivity contribution in [2.45, 2.75) is 31.6 Å². The van der Waals surface area contributed by atoms with Crippen LogP contribution < -0.4 is 15.0 Å². The van der Waals surface area contributed by atoms with Gasteiger partial charge in [-0.1, -0.05) is 26.0 Å². The van der Waals surface area contributed by atoms with Crippen molar-refractivity contribution < 1.29 is 17.9 Å². The molecule has 1 fully saturated rings. The minimum atomic E-state index is -3.71. The topological polar surface area (TPSA) is 103 Å². The summed E-state index contributed by atoms with van der Waals surface area (Å²) in [6, 6.07) is 13.7. The lowest BCUT2D eigenvalue weighted by atomic mass is 10.1. The molecule has 1 saturated heterocycles. The number of benzene rings is 2. The standard InChI is InChI=1S/C25H30N4O4S/c1-4-29(5-2)34(31,32)22-12-13-24(28-14-6-7-15-28)23(17-22)27-25(30)20(18-26)16-19-8-10-21(33-3)11-9-19/h8-13,16-17H,4-7,14-15H2,1-3H3,(H,27,30)/b20-16-. The van der Waals surface area contributed by atoms with Crippen LogP contribution in [0.3, 0.4) is 0 Å². The number of hydrogen-bond acceptors (Lipinski definition) is 6. The van der Waals surface area contributed by atoms with Crippen molar-refractivity contribution in [1.29, 1.82) is 5.26 Å². The molecule has 34 heavy (non-hydrogen) atoms. The molecule has 2 aromatic carbocycles. The first-order chi connectivity index (χ1) is 16.3. The van der Waals surface area contributed by atoms with E-state index in [-0.39, 0.29) is 10.5 Å². The summed E-state index contributed by atoms with van der Waals surface area (Å²) in [5, 5.41) is 12.4. The monoisotopic (exact) mass is 482 g/mol. The fourth-order valence-corrected chi connectivity index (χ4v) is 5.41. The highest BCUT2D eigenvalue weighted by Gasteiger charge is 2.25. The van der Waals surface area contributed by atoms with Gasteiger partial charge in [-0.15, -0.1) is 0 Å². The van der Waals surface area contributed by atoms with E-state index in [2.05, 4.69) is 10.2 Å². The molecule has 1 heterocycles. The van der Waals surface area contributed by atoms with Crippen LogP contribution in [0.2, 0.25) is 0 Å². The van der Waals surface area contributed by atoms with Gasteiger partial charge in [-0.05, 0) is 54.8 Å². The average molecular weight is 483 g/mol. The van der Waals surface area contributed by atoms with Crippen LogP contribution in [0.15, 0.2) is 52.9 Å². The zero-order valence-corrected chi connectivity index (χ0v) is 20.6. The van der Waals surface area contributed by atoms with Crippen molar-refractivity contribution >= 4 is 33.4 Å². The Morgan fingerprint density at radius 1 is 1.15 bits per heavy atom. The predicted molar refractivity (Wildman–Crippen MR) is 133 cm³/mol. The highest BCUT2D eigenvalue weighted by Crippen LogP contribution is 2.32. The Morgan fingerprint density at radius 3 is 2.35 bits per heavy atom. The number of carbonyl (C=O) groups is 1. The molecule has 0 unspecified atom stereocenters. The van der Waals surface area contributed by atoms with Crippen LogP contribution in [0.25, 0.3) is 6.08 Å². The third kappa shape index (κ3) is 5.58. The van der Waals surface area contributed by atoms with E-state index >= 15 is 0 Å². The molecule has 8 nitrogen and oxygen atoms in total. The van der Waals surface area contributed by atoms with Crippen molar-refractivity contribution in [3.8, 4) is 11.8 Å². The molecular formula is C25H30N4O4S. The van der Waals surface area contributed by atoms with Crippen molar-refractivity contribution in [3.05, 3.63) is 53.6 Å². The summed E-state index contributed by atoms with van der Waals surface area (Å²) < 4.78 is 32.7. The molecule has 180 valence electrons. The number of rotatable bonds is 9. The number of methoxy groups -OCH3 is 1. The van der Waals surface area contributed by atoms with E-state index < -0.39 is 15.9 Å². The number of nitrogens with zero attached hydrogens (tertiary/aromatic N) is 3. The second-order valence-corrected chi connectivity index (χ2v) is 9.80. The highest BCUT2D eigenvalue weighted by atomic mass is 32.2. The summed E-state index contributed by atoms with van der Waals surface area (Å²) in [7, 11) is -2.15. The third-order valence-corrected chi connectivity index (χ3v) is 7.84. The van der Waals surface area contributed by atoms with Crippen molar-refractivity contribution in [2.75, 3.05) is 43.5 Å². The summed E-state index contributed by atoms with van der Waals surface area (Å²) in [4.78, 5) is 15.3. The third-order valence-electron chi connectivity index (χ3n) is 5.80. The van der Waals surface area contributed by atoms with Gasteiger partial charge in [0.25, 0.3) is 5.91 Å². The van der Waals surface area contributed by atoms with Crippen LogP contribution in [0.5, 0.6) is 5.75 Å². The number of nitriles is 1. The van der Waals surface area contributed by atoms with Crippen LogP contribution in [-0.2, 0) is 14.8 Å². The molecule has 0 saturated carbocycles. The molecule has 2 aromatic rings. The van der Waals surface area contributed by atoms with Gasteiger partial charge in [-0.3, -0.25) is 4.79 Å². The molecule has 9 heteroatoms. The first-order valence-electron chi connectivity index (χ1n) is 11.3. The molecule has 1 N–H and O–H groups in total. The number of carbonyl (C=O) groups excluding carboxylic acids is 1. The molecule has 0 aromatic heterocycles. The van der Waals surface area contributed by atoms with E-state index in [4.69, 9.17) is 4.74 Å². The predicted octanol–water partition coefficient (Wildman–Crippen LogP) is 3.87. The first-order valence-corrected chi connectivity index (χ1v) is 12.7.